The summed E-state index contributed by atoms with van der Waals surface area (Å²) in [6.07, 6.45) is 0.164. The van der Waals surface area contributed by atoms with Gasteiger partial charge in [0.25, 0.3) is 0 Å². The largest absolute Gasteiger partial charge is 0.505 e. The molecule has 2 fully saturated rings. The van der Waals surface area contributed by atoms with E-state index < -0.39 is 11.8 Å². The number of nitrogens with zero attached hydrogens (tertiary/aromatic N) is 1. The Morgan fingerprint density at radius 3 is 2.79 bits per heavy atom. The minimum atomic E-state index is -1.02. The first kappa shape index (κ1) is 14.9. The van der Waals surface area contributed by atoms with Gasteiger partial charge in [0, 0.05) is 25.3 Å². The molecular formula is C15H18N4O5. The van der Waals surface area contributed by atoms with Crippen LogP contribution in [0.15, 0.2) is 6.26 Å². The number of hydrogen-bond acceptors (Lipinski definition) is 8. The van der Waals surface area contributed by atoms with Gasteiger partial charge in [-0.25, -0.2) is 4.79 Å². The van der Waals surface area contributed by atoms with Crippen molar-refractivity contribution in [3.63, 3.8) is 0 Å². The number of benzene rings is 1. The van der Waals surface area contributed by atoms with Gasteiger partial charge in [-0.2, -0.15) is 0 Å². The van der Waals surface area contributed by atoms with Gasteiger partial charge in [0.1, 0.15) is 17.8 Å². The van der Waals surface area contributed by atoms with Crippen LogP contribution >= 0.6 is 0 Å². The number of carbonyl (C=O) groups excluding carboxylic acids is 1. The molecule has 0 bridgehead atoms. The van der Waals surface area contributed by atoms with Gasteiger partial charge in [-0.05, 0) is 6.92 Å². The minimum Gasteiger partial charge on any atom is -0.505 e. The van der Waals surface area contributed by atoms with Crippen molar-refractivity contribution in [2.45, 2.75) is 24.7 Å². The molecule has 1 aromatic rings. The van der Waals surface area contributed by atoms with E-state index >= 15 is 0 Å². The van der Waals surface area contributed by atoms with Gasteiger partial charge in [-0.15, -0.1) is 0 Å². The van der Waals surface area contributed by atoms with Crippen LogP contribution in [-0.4, -0.2) is 47.8 Å². The van der Waals surface area contributed by atoms with Crippen LogP contribution in [0.2, 0.25) is 0 Å². The van der Waals surface area contributed by atoms with Gasteiger partial charge in [0.05, 0.1) is 28.6 Å². The van der Waals surface area contributed by atoms with Crippen molar-refractivity contribution in [2.24, 2.45) is 5.73 Å². The molecule has 0 spiro atoms. The number of phenolic OH excluding ortho intramolecular Hbond substituents is 2. The average molecular weight is 334 g/mol. The summed E-state index contributed by atoms with van der Waals surface area (Å²) < 4.78 is 10.7. The lowest BCUT2D eigenvalue weighted by atomic mass is 9.94. The summed E-state index contributed by atoms with van der Waals surface area (Å²) in [7, 11) is 1.52. The van der Waals surface area contributed by atoms with E-state index in [0.717, 1.165) is 6.26 Å². The van der Waals surface area contributed by atoms with Crippen LogP contribution in [0.5, 0.6) is 11.5 Å². The molecule has 9 nitrogen and oxygen atoms in total. The van der Waals surface area contributed by atoms with Crippen LogP contribution < -0.4 is 21.7 Å². The number of primary amides is 1. The standard InChI is InChI=1S/C15H18N4O5/c1-5-9(16)12(21)8-6(4-24-14(17)22)15(23-2)13-7(18-13)3-19(15)10(8)11(5)20/h4,7,13,18,20-21H,3,16H2,1-2H3,(H2,17,22)/t7-,13-,15+/m0/s1. The Morgan fingerprint density at radius 2 is 2.17 bits per heavy atom. The molecule has 0 radical (unpaired) electrons. The van der Waals surface area contributed by atoms with Crippen molar-refractivity contribution in [3.05, 3.63) is 17.4 Å². The summed E-state index contributed by atoms with van der Waals surface area (Å²) in [6, 6.07) is 0.104. The third kappa shape index (κ3) is 1.53. The van der Waals surface area contributed by atoms with Crippen molar-refractivity contribution >= 4 is 23.0 Å². The lowest BCUT2D eigenvalue weighted by molar-refractivity contribution is 0.0498. The zero-order valence-corrected chi connectivity index (χ0v) is 13.2. The lowest BCUT2D eigenvalue weighted by Crippen LogP contribution is -2.50. The first-order valence-electron chi connectivity index (χ1n) is 7.44. The number of ether oxygens (including phenoxy) is 2. The minimum absolute atomic E-state index is 0.0366. The lowest BCUT2D eigenvalue weighted by Gasteiger charge is -2.35. The molecule has 0 aliphatic carbocycles. The molecule has 1 aromatic carbocycles. The highest BCUT2D eigenvalue weighted by Gasteiger charge is 2.69. The highest BCUT2D eigenvalue weighted by Crippen LogP contribution is 2.62. The predicted octanol–water partition coefficient (Wildman–Crippen LogP) is -0.0587. The SMILES string of the molecule is CO[C@@]12C(=COC(N)=O)c3c(O)c(N)c(C)c(O)c3N1C[C@@H]1N[C@@H]12. The molecule has 3 heterocycles. The number of phenols is 2. The fourth-order valence-electron chi connectivity index (χ4n) is 3.94. The summed E-state index contributed by atoms with van der Waals surface area (Å²) in [6.45, 7) is 2.19. The molecule has 128 valence electrons. The van der Waals surface area contributed by atoms with Gasteiger partial charge in [-0.3, -0.25) is 0 Å². The Bertz CT molecular complexity index is 808. The monoisotopic (exact) mass is 334 g/mol. The number of methoxy groups -OCH3 is 1. The number of nitrogens with one attached hydrogen (secondary N) is 1. The zero-order valence-electron chi connectivity index (χ0n) is 13.2. The van der Waals surface area contributed by atoms with Crippen molar-refractivity contribution in [1.82, 2.24) is 5.32 Å². The Balaban J connectivity index is 2.02. The number of hydrogen-bond donors (Lipinski definition) is 5. The fourth-order valence-corrected chi connectivity index (χ4v) is 3.94. The quantitative estimate of drug-likeness (QED) is 0.166. The molecule has 1 amide bonds. The topological polar surface area (TPSA) is 153 Å². The summed E-state index contributed by atoms with van der Waals surface area (Å²) >= 11 is 0. The zero-order chi connectivity index (χ0) is 17.4. The smallest absolute Gasteiger partial charge is 0.409 e. The molecule has 0 saturated carbocycles. The van der Waals surface area contributed by atoms with Crippen molar-refractivity contribution in [1.29, 1.82) is 0 Å². The van der Waals surface area contributed by atoms with E-state index in [1.807, 2.05) is 4.90 Å². The maximum Gasteiger partial charge on any atom is 0.409 e. The van der Waals surface area contributed by atoms with Crippen LogP contribution in [0, 0.1) is 6.92 Å². The number of aromatic hydroxyl groups is 2. The first-order chi connectivity index (χ1) is 11.3. The third-order valence-electron chi connectivity index (χ3n) is 5.13. The maximum atomic E-state index is 11.1. The molecular weight excluding hydrogens is 316 g/mol. The normalized spacial score (nSPS) is 30.9. The maximum absolute atomic E-state index is 11.1. The molecule has 3 atom stereocenters. The second-order valence-corrected chi connectivity index (χ2v) is 6.19. The van der Waals surface area contributed by atoms with Gasteiger partial charge in [0.2, 0.25) is 0 Å². The predicted molar refractivity (Wildman–Crippen MR) is 85.4 cm³/mol. The molecule has 2 saturated heterocycles. The Labute approximate surface area is 137 Å². The number of piperazine rings is 1. The summed E-state index contributed by atoms with van der Waals surface area (Å²) in [5.41, 5.74) is 11.5. The van der Waals surface area contributed by atoms with Crippen LogP contribution in [0.3, 0.4) is 0 Å². The third-order valence-corrected chi connectivity index (χ3v) is 5.13. The van der Waals surface area contributed by atoms with E-state index in [1.54, 1.807) is 6.92 Å². The number of fused-ring (bicyclic) bond motifs is 5. The Kier molecular flexibility index (Phi) is 2.77. The molecule has 3 aliphatic heterocycles. The van der Waals surface area contributed by atoms with Crippen LogP contribution in [0.4, 0.5) is 16.2 Å². The van der Waals surface area contributed by atoms with Gasteiger partial charge in [0.15, 0.2) is 5.72 Å². The number of nitrogens with two attached hydrogens (primary N) is 2. The summed E-state index contributed by atoms with van der Waals surface area (Å²) in [5.74, 6) is -0.229. The van der Waals surface area contributed by atoms with Crippen LogP contribution in [0.25, 0.3) is 5.57 Å². The highest BCUT2D eigenvalue weighted by molar-refractivity contribution is 6.00. The fraction of sp³-hybridized carbons (Fsp3) is 0.400. The molecule has 24 heavy (non-hydrogen) atoms. The van der Waals surface area contributed by atoms with Crippen LogP contribution in [0.1, 0.15) is 11.1 Å². The van der Waals surface area contributed by atoms with E-state index in [9.17, 15) is 15.0 Å². The van der Waals surface area contributed by atoms with Crippen molar-refractivity contribution in [3.8, 4) is 11.5 Å². The van der Waals surface area contributed by atoms with Gasteiger partial charge < -0.3 is 41.4 Å². The van der Waals surface area contributed by atoms with Gasteiger partial charge >= 0.3 is 6.09 Å². The molecule has 0 unspecified atom stereocenters. The van der Waals surface area contributed by atoms with Gasteiger partial charge in [-0.1, -0.05) is 0 Å². The molecule has 3 aliphatic rings. The van der Waals surface area contributed by atoms with E-state index in [2.05, 4.69) is 5.32 Å². The molecule has 7 N–H and O–H groups in total. The summed E-state index contributed by atoms with van der Waals surface area (Å²) in [5, 5.41) is 24.5. The van der Waals surface area contributed by atoms with E-state index in [-0.39, 0.29) is 34.8 Å². The Morgan fingerprint density at radius 1 is 1.46 bits per heavy atom. The highest BCUT2D eigenvalue weighted by atomic mass is 16.5. The van der Waals surface area contributed by atoms with Crippen LogP contribution in [-0.2, 0) is 9.47 Å². The second-order valence-electron chi connectivity index (χ2n) is 6.19. The van der Waals surface area contributed by atoms with E-state index in [4.69, 9.17) is 20.9 Å². The molecule has 4 rings (SSSR count). The van der Waals surface area contributed by atoms with Crippen molar-refractivity contribution in [2.75, 3.05) is 24.3 Å². The average Bonchev–Trinajstić information content (AvgIpc) is 3.16. The molecule has 9 heteroatoms. The Hall–Kier alpha value is -2.65. The van der Waals surface area contributed by atoms with Crippen molar-refractivity contribution < 1.29 is 24.5 Å². The second kappa shape index (κ2) is 4.46. The first-order valence-corrected chi connectivity index (χ1v) is 7.44. The molecule has 0 aromatic heterocycles. The summed E-state index contributed by atoms with van der Waals surface area (Å²) in [4.78, 5) is 12.9. The van der Waals surface area contributed by atoms with E-state index in [1.165, 1.54) is 7.11 Å². The number of amides is 1. The number of anilines is 2. The number of carbonyl (C=O) groups is 1. The number of nitrogen functional groups attached to an aromatic ring is 1. The van der Waals surface area contributed by atoms with E-state index in [0.29, 0.717) is 23.4 Å². The number of rotatable bonds is 2.